The van der Waals surface area contributed by atoms with Crippen LogP contribution < -0.4 is 5.14 Å². The fourth-order valence-electron chi connectivity index (χ4n) is 1.71. The molecule has 0 aromatic rings. The number of rotatable bonds is 5. The van der Waals surface area contributed by atoms with E-state index >= 15 is 0 Å². The minimum atomic E-state index is -3.60. The van der Waals surface area contributed by atoms with Crippen molar-refractivity contribution in [1.82, 2.24) is 9.80 Å². The van der Waals surface area contributed by atoms with Crippen LogP contribution in [0.15, 0.2) is 0 Å². The number of nitrogens with zero attached hydrogens (tertiary/aromatic N) is 2. The van der Waals surface area contributed by atoms with Crippen molar-refractivity contribution in [3.05, 3.63) is 0 Å². The van der Waals surface area contributed by atoms with Crippen LogP contribution in [0.1, 0.15) is 20.3 Å². The SMILES string of the molecule is CC(C)N(C)CCN1CC(S(N)(=O)=O)CC1=O. The van der Waals surface area contributed by atoms with E-state index in [1.165, 1.54) is 0 Å². The molecule has 1 unspecified atom stereocenters. The summed E-state index contributed by atoms with van der Waals surface area (Å²) in [4.78, 5) is 15.3. The second-order valence-corrected chi connectivity index (χ2v) is 6.67. The van der Waals surface area contributed by atoms with Gasteiger partial charge in [-0.25, -0.2) is 13.6 Å². The van der Waals surface area contributed by atoms with Gasteiger partial charge in [-0.05, 0) is 20.9 Å². The Balaban J connectivity index is 2.49. The Morgan fingerprint density at radius 3 is 2.53 bits per heavy atom. The number of carbonyl (C=O) groups excluding carboxylic acids is 1. The van der Waals surface area contributed by atoms with Gasteiger partial charge in [-0.1, -0.05) is 0 Å². The Hall–Kier alpha value is -0.660. The summed E-state index contributed by atoms with van der Waals surface area (Å²) < 4.78 is 22.3. The largest absolute Gasteiger partial charge is 0.340 e. The molecule has 1 amide bonds. The number of sulfonamides is 1. The number of amides is 1. The molecule has 0 spiro atoms. The van der Waals surface area contributed by atoms with Crippen LogP contribution in [0.2, 0.25) is 0 Å². The van der Waals surface area contributed by atoms with Crippen LogP contribution in [0.3, 0.4) is 0 Å². The minimum absolute atomic E-state index is 0.0181. The number of primary sulfonamides is 1. The molecular formula is C10H21N3O3S. The van der Waals surface area contributed by atoms with Gasteiger partial charge in [-0.2, -0.15) is 0 Å². The van der Waals surface area contributed by atoms with Crippen LogP contribution in [0.4, 0.5) is 0 Å². The standard InChI is InChI=1S/C10H21N3O3S/c1-8(2)12(3)4-5-13-7-9(6-10(13)14)17(11,15)16/h8-9H,4-7H2,1-3H3,(H2,11,15,16). The Kier molecular flexibility index (Phi) is 4.51. The van der Waals surface area contributed by atoms with Crippen molar-refractivity contribution in [2.24, 2.45) is 5.14 Å². The summed E-state index contributed by atoms with van der Waals surface area (Å²) in [5.74, 6) is -0.124. The lowest BCUT2D eigenvalue weighted by molar-refractivity contribution is -0.127. The zero-order chi connectivity index (χ0) is 13.2. The van der Waals surface area contributed by atoms with Gasteiger partial charge in [-0.3, -0.25) is 4.79 Å². The molecule has 0 radical (unpaired) electrons. The summed E-state index contributed by atoms with van der Waals surface area (Å²) in [6.07, 6.45) is 0.0181. The third-order valence-electron chi connectivity index (χ3n) is 3.25. The van der Waals surface area contributed by atoms with Gasteiger partial charge >= 0.3 is 0 Å². The highest BCUT2D eigenvalue weighted by atomic mass is 32.2. The van der Waals surface area contributed by atoms with Crippen molar-refractivity contribution in [1.29, 1.82) is 0 Å². The van der Waals surface area contributed by atoms with E-state index in [0.29, 0.717) is 12.6 Å². The molecule has 2 N–H and O–H groups in total. The number of carbonyl (C=O) groups is 1. The zero-order valence-electron chi connectivity index (χ0n) is 10.6. The molecule has 0 aromatic carbocycles. The molecule has 1 heterocycles. The molecule has 1 aliphatic rings. The van der Waals surface area contributed by atoms with Crippen LogP contribution >= 0.6 is 0 Å². The molecule has 0 saturated carbocycles. The predicted octanol–water partition coefficient (Wildman–Crippen LogP) is -0.784. The van der Waals surface area contributed by atoms with Gasteiger partial charge in [-0.15, -0.1) is 0 Å². The molecule has 100 valence electrons. The zero-order valence-corrected chi connectivity index (χ0v) is 11.4. The molecule has 0 aliphatic carbocycles. The molecule has 1 fully saturated rings. The molecule has 0 aromatic heterocycles. The molecule has 7 heteroatoms. The van der Waals surface area contributed by atoms with Gasteiger partial charge in [0.05, 0.1) is 0 Å². The quantitative estimate of drug-likeness (QED) is 0.705. The summed E-state index contributed by atoms with van der Waals surface area (Å²) >= 11 is 0. The van der Waals surface area contributed by atoms with Gasteiger partial charge in [0.15, 0.2) is 0 Å². The predicted molar refractivity (Wildman–Crippen MR) is 65.9 cm³/mol. The molecule has 1 aliphatic heterocycles. The highest BCUT2D eigenvalue weighted by Gasteiger charge is 2.36. The maximum atomic E-state index is 11.6. The van der Waals surface area contributed by atoms with Gasteiger partial charge in [0.25, 0.3) is 0 Å². The number of hydrogen-bond acceptors (Lipinski definition) is 4. The van der Waals surface area contributed by atoms with Crippen molar-refractivity contribution < 1.29 is 13.2 Å². The monoisotopic (exact) mass is 263 g/mol. The van der Waals surface area contributed by atoms with Gasteiger partial charge in [0.2, 0.25) is 15.9 Å². The van der Waals surface area contributed by atoms with Crippen LogP contribution in [-0.2, 0) is 14.8 Å². The molecule has 6 nitrogen and oxygen atoms in total. The van der Waals surface area contributed by atoms with Crippen molar-refractivity contribution in [2.75, 3.05) is 26.7 Å². The van der Waals surface area contributed by atoms with Gasteiger partial charge in [0.1, 0.15) is 5.25 Å². The second kappa shape index (κ2) is 5.32. The molecule has 1 atom stereocenters. The third kappa shape index (κ3) is 3.93. The summed E-state index contributed by atoms with van der Waals surface area (Å²) in [7, 11) is -1.62. The fourth-order valence-corrected chi connectivity index (χ4v) is 2.47. The lowest BCUT2D eigenvalue weighted by Crippen LogP contribution is -2.38. The van der Waals surface area contributed by atoms with Crippen molar-refractivity contribution >= 4 is 15.9 Å². The first-order valence-electron chi connectivity index (χ1n) is 5.71. The van der Waals surface area contributed by atoms with Crippen LogP contribution in [0.5, 0.6) is 0 Å². The molecule has 0 bridgehead atoms. The summed E-state index contributed by atoms with van der Waals surface area (Å²) in [5, 5.41) is 4.32. The normalized spacial score (nSPS) is 21.9. The smallest absolute Gasteiger partial charge is 0.224 e. The minimum Gasteiger partial charge on any atom is -0.340 e. The first kappa shape index (κ1) is 14.4. The van der Waals surface area contributed by atoms with E-state index in [1.807, 2.05) is 7.05 Å². The van der Waals surface area contributed by atoms with Crippen LogP contribution in [0, 0.1) is 0 Å². The van der Waals surface area contributed by atoms with E-state index in [2.05, 4.69) is 18.7 Å². The van der Waals surface area contributed by atoms with Crippen molar-refractivity contribution in [3.63, 3.8) is 0 Å². The maximum Gasteiger partial charge on any atom is 0.224 e. The highest BCUT2D eigenvalue weighted by molar-refractivity contribution is 7.89. The Morgan fingerprint density at radius 2 is 2.12 bits per heavy atom. The lowest BCUT2D eigenvalue weighted by Gasteiger charge is -2.24. The van der Waals surface area contributed by atoms with E-state index in [1.54, 1.807) is 4.90 Å². The average Bonchev–Trinajstić information content (AvgIpc) is 2.55. The first-order chi connectivity index (χ1) is 7.71. The highest BCUT2D eigenvalue weighted by Crippen LogP contribution is 2.16. The summed E-state index contributed by atoms with van der Waals surface area (Å²) in [5.41, 5.74) is 0. The lowest BCUT2D eigenvalue weighted by atomic mass is 10.3. The average molecular weight is 263 g/mol. The second-order valence-electron chi connectivity index (χ2n) is 4.83. The van der Waals surface area contributed by atoms with Crippen LogP contribution in [-0.4, -0.2) is 62.1 Å². The van der Waals surface area contributed by atoms with Crippen LogP contribution in [0.25, 0.3) is 0 Å². The molecule has 1 saturated heterocycles. The number of nitrogens with two attached hydrogens (primary N) is 1. The van der Waals surface area contributed by atoms with E-state index in [0.717, 1.165) is 6.54 Å². The first-order valence-corrected chi connectivity index (χ1v) is 7.32. The Morgan fingerprint density at radius 1 is 1.53 bits per heavy atom. The van der Waals surface area contributed by atoms with Gasteiger partial charge < -0.3 is 9.80 Å². The van der Waals surface area contributed by atoms with E-state index in [4.69, 9.17) is 5.14 Å². The topological polar surface area (TPSA) is 83.7 Å². The molecule has 1 rings (SSSR count). The maximum absolute atomic E-state index is 11.6. The Bertz CT molecular complexity index is 380. The van der Waals surface area contributed by atoms with E-state index < -0.39 is 15.3 Å². The third-order valence-corrected chi connectivity index (χ3v) is 4.49. The number of hydrogen-bond donors (Lipinski definition) is 1. The summed E-state index contributed by atoms with van der Waals surface area (Å²) in [6.45, 7) is 5.65. The van der Waals surface area contributed by atoms with Gasteiger partial charge in [0, 0.05) is 32.1 Å². The summed E-state index contributed by atoms with van der Waals surface area (Å²) in [6, 6.07) is 0.404. The van der Waals surface area contributed by atoms with Crippen molar-refractivity contribution in [2.45, 2.75) is 31.6 Å². The number of likely N-dealkylation sites (N-methyl/N-ethyl adjacent to an activating group) is 1. The molecular weight excluding hydrogens is 242 g/mol. The van der Waals surface area contributed by atoms with Crippen molar-refractivity contribution in [3.8, 4) is 0 Å². The fraction of sp³-hybridized carbons (Fsp3) is 0.900. The number of likely N-dealkylation sites (tertiary alicyclic amines) is 1. The molecule has 17 heavy (non-hydrogen) atoms. The van der Waals surface area contributed by atoms with E-state index in [-0.39, 0.29) is 18.9 Å². The van der Waals surface area contributed by atoms with E-state index in [9.17, 15) is 13.2 Å². The Labute approximate surface area is 103 Å².